The van der Waals surface area contributed by atoms with Gasteiger partial charge in [-0.1, -0.05) is 73.5 Å². The number of nitrogens with one attached hydrogen (secondary N) is 1. The van der Waals surface area contributed by atoms with Gasteiger partial charge in [-0.3, -0.25) is 4.79 Å². The van der Waals surface area contributed by atoms with Crippen LogP contribution < -0.4 is 5.32 Å². The molecule has 3 rings (SSSR count). The summed E-state index contributed by atoms with van der Waals surface area (Å²) in [6.45, 7) is 3.68. The van der Waals surface area contributed by atoms with Crippen molar-refractivity contribution in [1.82, 2.24) is 5.32 Å². The third-order valence-electron chi connectivity index (χ3n) is 5.41. The summed E-state index contributed by atoms with van der Waals surface area (Å²) in [5, 5.41) is 3.54. The number of hydrogen-bond donors (Lipinski definition) is 1. The molecular weight excluding hydrogens is 334 g/mol. The lowest BCUT2D eigenvalue weighted by Gasteiger charge is -2.30. The second kappa shape index (κ2) is 10.4. The molecule has 0 bridgehead atoms. The van der Waals surface area contributed by atoms with E-state index in [1.54, 1.807) is 0 Å². The smallest absolute Gasteiger partial charge is 0.168 e. The molecule has 3 nitrogen and oxygen atoms in total. The molecule has 1 aliphatic rings. The maximum atomic E-state index is 12.9. The monoisotopic (exact) mass is 365 g/mol. The molecule has 1 aliphatic carbocycles. The van der Waals surface area contributed by atoms with E-state index in [0.717, 1.165) is 44.2 Å². The standard InChI is InChI=1S/C24H31NO2/c1-19(18-20-10-4-2-5-11-20)25-16-17-27-23-15-9-8-14-22(23)24(26)21-12-6-3-7-13-21/h2-7,10-13,19,22-23,25H,8-9,14-18H2,1H3. The van der Waals surface area contributed by atoms with Crippen LogP contribution in [0.4, 0.5) is 0 Å². The molecule has 1 saturated carbocycles. The molecule has 0 aromatic heterocycles. The molecule has 2 aromatic carbocycles. The fourth-order valence-corrected chi connectivity index (χ4v) is 3.97. The molecule has 0 spiro atoms. The van der Waals surface area contributed by atoms with Crippen LogP contribution >= 0.6 is 0 Å². The zero-order chi connectivity index (χ0) is 18.9. The van der Waals surface area contributed by atoms with Crippen molar-refractivity contribution < 1.29 is 9.53 Å². The van der Waals surface area contributed by atoms with Gasteiger partial charge in [0.05, 0.1) is 12.7 Å². The molecular formula is C24H31NO2. The Bertz CT molecular complexity index is 686. The fourth-order valence-electron chi connectivity index (χ4n) is 3.97. The summed E-state index contributed by atoms with van der Waals surface area (Å²) in [4.78, 5) is 12.9. The van der Waals surface area contributed by atoms with Gasteiger partial charge in [0.1, 0.15) is 0 Å². The molecule has 27 heavy (non-hydrogen) atoms. The van der Waals surface area contributed by atoms with Crippen LogP contribution in [0, 0.1) is 5.92 Å². The van der Waals surface area contributed by atoms with Crippen molar-refractivity contribution in [3.05, 3.63) is 71.8 Å². The van der Waals surface area contributed by atoms with E-state index in [0.29, 0.717) is 12.6 Å². The van der Waals surface area contributed by atoms with E-state index in [4.69, 9.17) is 4.74 Å². The van der Waals surface area contributed by atoms with Crippen molar-refractivity contribution in [2.24, 2.45) is 5.92 Å². The maximum Gasteiger partial charge on any atom is 0.168 e. The molecule has 0 heterocycles. The molecule has 1 fully saturated rings. The average Bonchev–Trinajstić information content (AvgIpc) is 2.72. The number of carbonyl (C=O) groups excluding carboxylic acids is 1. The summed E-state index contributed by atoms with van der Waals surface area (Å²) in [6.07, 6.45) is 5.27. The van der Waals surface area contributed by atoms with Crippen molar-refractivity contribution in [3.8, 4) is 0 Å². The summed E-state index contributed by atoms with van der Waals surface area (Å²) in [6, 6.07) is 20.6. The second-order valence-electron chi connectivity index (χ2n) is 7.58. The van der Waals surface area contributed by atoms with Gasteiger partial charge in [0.15, 0.2) is 5.78 Å². The highest BCUT2D eigenvalue weighted by molar-refractivity contribution is 5.98. The highest BCUT2D eigenvalue weighted by Crippen LogP contribution is 2.29. The average molecular weight is 366 g/mol. The third-order valence-corrected chi connectivity index (χ3v) is 5.41. The molecule has 3 atom stereocenters. The van der Waals surface area contributed by atoms with Crippen LogP contribution in [0.5, 0.6) is 0 Å². The Morgan fingerprint density at radius 1 is 1.04 bits per heavy atom. The zero-order valence-electron chi connectivity index (χ0n) is 16.3. The molecule has 0 amide bonds. The highest BCUT2D eigenvalue weighted by Gasteiger charge is 2.32. The molecule has 1 N–H and O–H groups in total. The first-order valence-electron chi connectivity index (χ1n) is 10.2. The van der Waals surface area contributed by atoms with Crippen LogP contribution in [-0.4, -0.2) is 31.1 Å². The molecule has 0 saturated heterocycles. The Balaban J connectivity index is 1.44. The van der Waals surface area contributed by atoms with E-state index in [2.05, 4.69) is 36.5 Å². The molecule has 3 heteroatoms. The topological polar surface area (TPSA) is 38.3 Å². The Morgan fingerprint density at radius 3 is 2.44 bits per heavy atom. The number of carbonyl (C=O) groups is 1. The second-order valence-corrected chi connectivity index (χ2v) is 7.58. The van der Waals surface area contributed by atoms with Gasteiger partial charge >= 0.3 is 0 Å². The lowest BCUT2D eigenvalue weighted by Crippen LogP contribution is -2.37. The summed E-state index contributed by atoms with van der Waals surface area (Å²) >= 11 is 0. The summed E-state index contributed by atoms with van der Waals surface area (Å²) in [5.74, 6) is 0.244. The number of hydrogen-bond acceptors (Lipinski definition) is 3. The van der Waals surface area contributed by atoms with E-state index in [-0.39, 0.29) is 17.8 Å². The van der Waals surface area contributed by atoms with E-state index in [1.807, 2.05) is 36.4 Å². The normalized spacial score (nSPS) is 20.9. The van der Waals surface area contributed by atoms with Crippen molar-refractivity contribution in [2.45, 2.75) is 51.2 Å². The first-order valence-corrected chi connectivity index (χ1v) is 10.2. The van der Waals surface area contributed by atoms with E-state index < -0.39 is 0 Å². The number of Topliss-reactive ketones (excluding diaryl/α,β-unsaturated/α-hetero) is 1. The molecule has 144 valence electrons. The Morgan fingerprint density at radius 2 is 1.70 bits per heavy atom. The maximum absolute atomic E-state index is 12.9. The molecule has 2 aromatic rings. The molecule has 0 aliphatic heterocycles. The first kappa shape index (κ1) is 19.8. The van der Waals surface area contributed by atoms with Gasteiger partial charge in [0.2, 0.25) is 0 Å². The zero-order valence-corrected chi connectivity index (χ0v) is 16.3. The van der Waals surface area contributed by atoms with Gasteiger partial charge < -0.3 is 10.1 Å². The largest absolute Gasteiger partial charge is 0.376 e. The van der Waals surface area contributed by atoms with Crippen LogP contribution in [0.25, 0.3) is 0 Å². The highest BCUT2D eigenvalue weighted by atomic mass is 16.5. The van der Waals surface area contributed by atoms with Gasteiger partial charge in [-0.15, -0.1) is 0 Å². The molecule has 0 radical (unpaired) electrons. The minimum atomic E-state index is 0.00268. The van der Waals surface area contributed by atoms with Gasteiger partial charge in [-0.2, -0.15) is 0 Å². The first-order chi connectivity index (χ1) is 13.2. The third kappa shape index (κ3) is 6.02. The van der Waals surface area contributed by atoms with Crippen LogP contribution in [-0.2, 0) is 11.2 Å². The minimum absolute atomic E-state index is 0.00268. The minimum Gasteiger partial charge on any atom is -0.376 e. The Labute approximate surface area is 163 Å². The van der Waals surface area contributed by atoms with Gasteiger partial charge in [0, 0.05) is 24.1 Å². The van der Waals surface area contributed by atoms with Crippen LogP contribution in [0.2, 0.25) is 0 Å². The predicted octanol–water partition coefficient (Wildman–Crippen LogP) is 4.67. The van der Waals surface area contributed by atoms with Gasteiger partial charge in [-0.05, 0) is 31.7 Å². The number of ether oxygens (including phenoxy) is 1. The number of rotatable bonds is 9. The predicted molar refractivity (Wildman–Crippen MR) is 110 cm³/mol. The van der Waals surface area contributed by atoms with Crippen LogP contribution in [0.3, 0.4) is 0 Å². The summed E-state index contributed by atoms with van der Waals surface area (Å²) in [7, 11) is 0. The molecule has 3 unspecified atom stereocenters. The Hall–Kier alpha value is -1.97. The SMILES string of the molecule is CC(Cc1ccccc1)NCCOC1CCCCC1C(=O)c1ccccc1. The summed E-state index contributed by atoms with van der Waals surface area (Å²) in [5.41, 5.74) is 2.16. The quantitative estimate of drug-likeness (QED) is 0.518. The lowest BCUT2D eigenvalue weighted by atomic mass is 9.81. The fraction of sp³-hybridized carbons (Fsp3) is 0.458. The van der Waals surface area contributed by atoms with E-state index >= 15 is 0 Å². The van der Waals surface area contributed by atoms with E-state index in [9.17, 15) is 4.79 Å². The van der Waals surface area contributed by atoms with Crippen LogP contribution in [0.15, 0.2) is 60.7 Å². The van der Waals surface area contributed by atoms with Crippen LogP contribution in [0.1, 0.15) is 48.5 Å². The van der Waals surface area contributed by atoms with Crippen molar-refractivity contribution in [2.75, 3.05) is 13.2 Å². The van der Waals surface area contributed by atoms with Crippen molar-refractivity contribution in [1.29, 1.82) is 0 Å². The number of benzene rings is 2. The van der Waals surface area contributed by atoms with Crippen molar-refractivity contribution >= 4 is 5.78 Å². The summed E-state index contributed by atoms with van der Waals surface area (Å²) < 4.78 is 6.16. The van der Waals surface area contributed by atoms with Gasteiger partial charge in [0.25, 0.3) is 0 Å². The van der Waals surface area contributed by atoms with E-state index in [1.165, 1.54) is 5.56 Å². The Kier molecular flexibility index (Phi) is 7.61. The van der Waals surface area contributed by atoms with Crippen molar-refractivity contribution in [3.63, 3.8) is 0 Å². The lowest BCUT2D eigenvalue weighted by molar-refractivity contribution is -0.00396. The van der Waals surface area contributed by atoms with Gasteiger partial charge in [-0.25, -0.2) is 0 Å². The number of ketones is 1.